The maximum absolute atomic E-state index is 5.85. The molecule has 4 nitrogen and oxygen atoms in total. The van der Waals surface area contributed by atoms with Gasteiger partial charge in [0.1, 0.15) is 6.33 Å². The van der Waals surface area contributed by atoms with Crippen LogP contribution in [-0.2, 0) is 13.1 Å². The minimum absolute atomic E-state index is 0.438. The van der Waals surface area contributed by atoms with E-state index >= 15 is 0 Å². The summed E-state index contributed by atoms with van der Waals surface area (Å²) in [5.41, 5.74) is 1.16. The highest BCUT2D eigenvalue weighted by Gasteiger charge is 2.02. The number of rotatable bonds is 5. The van der Waals surface area contributed by atoms with Crippen molar-refractivity contribution in [3.05, 3.63) is 47.0 Å². The summed E-state index contributed by atoms with van der Waals surface area (Å²) < 4.78 is 1.83. The van der Waals surface area contributed by atoms with E-state index in [0.717, 1.165) is 16.4 Å². The van der Waals surface area contributed by atoms with E-state index in [-0.39, 0.29) is 0 Å². The average Bonchev–Trinajstić information content (AvgIpc) is 2.77. The first-order valence-electron chi connectivity index (χ1n) is 5.99. The minimum Gasteiger partial charge on any atom is -0.308 e. The van der Waals surface area contributed by atoms with Crippen LogP contribution < -0.4 is 5.32 Å². The van der Waals surface area contributed by atoms with Crippen molar-refractivity contribution in [2.24, 2.45) is 0 Å². The van der Waals surface area contributed by atoms with E-state index in [1.165, 1.54) is 0 Å². The SMILES string of the molecule is CC(C)NCc1ncn(Cc2ccc(Cl)cc2)n1. The summed E-state index contributed by atoms with van der Waals surface area (Å²) in [5.74, 6) is 0.817. The number of aromatic nitrogens is 3. The van der Waals surface area contributed by atoms with Gasteiger partial charge in [-0.2, -0.15) is 5.10 Å². The molecule has 5 heteroatoms. The number of hydrogen-bond donors (Lipinski definition) is 1. The van der Waals surface area contributed by atoms with Crippen LogP contribution >= 0.6 is 11.6 Å². The van der Waals surface area contributed by atoms with Crippen molar-refractivity contribution in [2.75, 3.05) is 0 Å². The van der Waals surface area contributed by atoms with E-state index in [9.17, 15) is 0 Å². The zero-order valence-electron chi connectivity index (χ0n) is 10.6. The molecule has 0 amide bonds. The second-order valence-electron chi connectivity index (χ2n) is 4.52. The van der Waals surface area contributed by atoms with Crippen molar-refractivity contribution in [1.29, 1.82) is 0 Å². The van der Waals surface area contributed by atoms with Crippen molar-refractivity contribution >= 4 is 11.6 Å². The van der Waals surface area contributed by atoms with Gasteiger partial charge in [-0.25, -0.2) is 9.67 Å². The Morgan fingerprint density at radius 3 is 2.67 bits per heavy atom. The van der Waals surface area contributed by atoms with Gasteiger partial charge < -0.3 is 5.32 Å². The van der Waals surface area contributed by atoms with Crippen molar-refractivity contribution < 1.29 is 0 Å². The summed E-state index contributed by atoms with van der Waals surface area (Å²) in [6.07, 6.45) is 1.76. The van der Waals surface area contributed by atoms with Gasteiger partial charge in [-0.3, -0.25) is 0 Å². The molecule has 1 heterocycles. The quantitative estimate of drug-likeness (QED) is 0.902. The van der Waals surface area contributed by atoms with Crippen LogP contribution in [0.25, 0.3) is 0 Å². The van der Waals surface area contributed by atoms with Crippen LogP contribution in [0.1, 0.15) is 25.2 Å². The zero-order chi connectivity index (χ0) is 13.0. The van der Waals surface area contributed by atoms with Gasteiger partial charge in [0.25, 0.3) is 0 Å². The molecule has 1 N–H and O–H groups in total. The smallest absolute Gasteiger partial charge is 0.164 e. The molecule has 0 aliphatic carbocycles. The van der Waals surface area contributed by atoms with Crippen LogP contribution in [0.5, 0.6) is 0 Å². The number of nitrogens with zero attached hydrogens (tertiary/aromatic N) is 3. The predicted octanol–water partition coefficient (Wildman–Crippen LogP) is 2.48. The third-order valence-electron chi connectivity index (χ3n) is 2.51. The Kier molecular flexibility index (Phi) is 4.33. The van der Waals surface area contributed by atoms with E-state index < -0.39 is 0 Å². The number of halogens is 1. The van der Waals surface area contributed by atoms with Crippen LogP contribution in [0.4, 0.5) is 0 Å². The molecule has 0 unspecified atom stereocenters. The van der Waals surface area contributed by atoms with Crippen LogP contribution in [0.2, 0.25) is 5.02 Å². The second-order valence-corrected chi connectivity index (χ2v) is 4.96. The molecular formula is C13H17ClN4. The molecule has 0 radical (unpaired) electrons. The van der Waals surface area contributed by atoms with Gasteiger partial charge in [0, 0.05) is 11.1 Å². The van der Waals surface area contributed by atoms with Crippen LogP contribution in [-0.4, -0.2) is 20.8 Å². The molecule has 0 saturated heterocycles. The largest absolute Gasteiger partial charge is 0.308 e. The maximum atomic E-state index is 5.85. The van der Waals surface area contributed by atoms with Crippen LogP contribution in [0.15, 0.2) is 30.6 Å². The van der Waals surface area contributed by atoms with Crippen molar-refractivity contribution in [3.8, 4) is 0 Å². The molecule has 0 bridgehead atoms. The topological polar surface area (TPSA) is 42.7 Å². The van der Waals surface area contributed by atoms with E-state index in [1.807, 2.05) is 28.9 Å². The summed E-state index contributed by atoms with van der Waals surface area (Å²) in [7, 11) is 0. The second kappa shape index (κ2) is 5.98. The monoisotopic (exact) mass is 264 g/mol. The van der Waals surface area contributed by atoms with Crippen LogP contribution in [0.3, 0.4) is 0 Å². The third-order valence-corrected chi connectivity index (χ3v) is 2.76. The molecular weight excluding hydrogens is 248 g/mol. The molecule has 0 atom stereocenters. The molecule has 96 valence electrons. The Bertz CT molecular complexity index is 490. The highest BCUT2D eigenvalue weighted by molar-refractivity contribution is 6.30. The molecule has 1 aromatic heterocycles. The molecule has 2 aromatic rings. The minimum atomic E-state index is 0.438. The van der Waals surface area contributed by atoms with Gasteiger partial charge >= 0.3 is 0 Å². The molecule has 0 aliphatic rings. The number of hydrogen-bond acceptors (Lipinski definition) is 3. The van der Waals surface area contributed by atoms with E-state index in [0.29, 0.717) is 19.1 Å². The fourth-order valence-corrected chi connectivity index (χ4v) is 1.69. The Morgan fingerprint density at radius 1 is 1.28 bits per heavy atom. The van der Waals surface area contributed by atoms with Gasteiger partial charge in [-0.15, -0.1) is 0 Å². The highest BCUT2D eigenvalue weighted by atomic mass is 35.5. The first-order valence-corrected chi connectivity index (χ1v) is 6.37. The van der Waals surface area contributed by atoms with E-state index in [1.54, 1.807) is 6.33 Å². The lowest BCUT2D eigenvalue weighted by atomic mass is 10.2. The Balaban J connectivity index is 1.95. The normalized spacial score (nSPS) is 11.1. The summed E-state index contributed by atoms with van der Waals surface area (Å²) in [6, 6.07) is 8.20. The van der Waals surface area contributed by atoms with Gasteiger partial charge in [0.05, 0.1) is 13.1 Å². The van der Waals surface area contributed by atoms with Crippen molar-refractivity contribution in [2.45, 2.75) is 33.0 Å². The van der Waals surface area contributed by atoms with Gasteiger partial charge in [0.15, 0.2) is 5.82 Å². The number of benzene rings is 1. The lowest BCUT2D eigenvalue weighted by Gasteiger charge is -2.04. The first kappa shape index (κ1) is 13.1. The van der Waals surface area contributed by atoms with Gasteiger partial charge in [-0.1, -0.05) is 37.6 Å². The molecule has 0 fully saturated rings. The molecule has 0 spiro atoms. The fraction of sp³-hybridized carbons (Fsp3) is 0.385. The van der Waals surface area contributed by atoms with Gasteiger partial charge in [0.2, 0.25) is 0 Å². The molecule has 0 aliphatic heterocycles. The Hall–Kier alpha value is -1.39. The summed E-state index contributed by atoms with van der Waals surface area (Å²) in [4.78, 5) is 4.27. The first-order chi connectivity index (χ1) is 8.63. The van der Waals surface area contributed by atoms with Crippen molar-refractivity contribution in [1.82, 2.24) is 20.1 Å². The molecule has 0 saturated carbocycles. The summed E-state index contributed by atoms with van der Waals surface area (Å²) >= 11 is 5.85. The fourth-order valence-electron chi connectivity index (χ4n) is 1.56. The van der Waals surface area contributed by atoms with Crippen molar-refractivity contribution in [3.63, 3.8) is 0 Å². The van der Waals surface area contributed by atoms with Gasteiger partial charge in [-0.05, 0) is 17.7 Å². The zero-order valence-corrected chi connectivity index (χ0v) is 11.4. The van der Waals surface area contributed by atoms with E-state index in [4.69, 9.17) is 11.6 Å². The lowest BCUT2D eigenvalue weighted by Crippen LogP contribution is -2.22. The Labute approximate surface area is 112 Å². The van der Waals surface area contributed by atoms with E-state index in [2.05, 4.69) is 29.2 Å². The molecule has 2 rings (SSSR count). The standard InChI is InChI=1S/C13H17ClN4/c1-10(2)15-7-13-16-9-18(17-13)8-11-3-5-12(14)6-4-11/h3-6,9-10,15H,7-8H2,1-2H3. The highest BCUT2D eigenvalue weighted by Crippen LogP contribution is 2.10. The lowest BCUT2D eigenvalue weighted by molar-refractivity contribution is 0.565. The molecule has 1 aromatic carbocycles. The predicted molar refractivity (Wildman–Crippen MR) is 72.6 cm³/mol. The summed E-state index contributed by atoms with van der Waals surface area (Å²) in [5, 5.41) is 8.45. The Morgan fingerprint density at radius 2 is 2.00 bits per heavy atom. The van der Waals surface area contributed by atoms with Crippen LogP contribution in [0, 0.1) is 0 Å². The third kappa shape index (κ3) is 3.82. The summed E-state index contributed by atoms with van der Waals surface area (Å²) in [6.45, 7) is 5.62. The maximum Gasteiger partial charge on any atom is 0.164 e. The average molecular weight is 265 g/mol. The molecule has 18 heavy (non-hydrogen) atoms. The number of nitrogens with one attached hydrogen (secondary N) is 1.